The summed E-state index contributed by atoms with van der Waals surface area (Å²) in [5.41, 5.74) is 1.81. The van der Waals surface area contributed by atoms with Crippen LogP contribution in [0.2, 0.25) is 0 Å². The zero-order chi connectivity index (χ0) is 25.1. The first-order chi connectivity index (χ1) is 15.8. The summed E-state index contributed by atoms with van der Waals surface area (Å²) in [6, 6.07) is 0. The second kappa shape index (κ2) is 9.03. The quantitative estimate of drug-likeness (QED) is 0.416. The van der Waals surface area contributed by atoms with Crippen LogP contribution in [0.5, 0.6) is 0 Å². The molecule has 3 fully saturated rings. The Morgan fingerprint density at radius 2 is 1.74 bits per heavy atom. The van der Waals surface area contributed by atoms with Gasteiger partial charge in [0.1, 0.15) is 0 Å². The van der Waals surface area contributed by atoms with E-state index in [0.717, 1.165) is 25.2 Å². The van der Waals surface area contributed by atoms with Crippen LogP contribution in [0.25, 0.3) is 0 Å². The number of methoxy groups -OCH3 is 2. The minimum absolute atomic E-state index is 0.138. The molecule has 0 aromatic heterocycles. The fraction of sp³-hybridized carbons (Fsp3) is 0.871. The van der Waals surface area contributed by atoms with Crippen LogP contribution in [0.3, 0.4) is 0 Å². The van der Waals surface area contributed by atoms with E-state index in [2.05, 4.69) is 66.7 Å². The maximum absolute atomic E-state index is 10.8. The molecule has 4 aliphatic rings. The normalized spacial score (nSPS) is 44.8. The molecule has 0 amide bonds. The van der Waals surface area contributed by atoms with E-state index >= 15 is 0 Å². The lowest BCUT2D eigenvalue weighted by Crippen LogP contribution is -2.58. The highest BCUT2D eigenvalue weighted by molar-refractivity contribution is 5.30. The lowest BCUT2D eigenvalue weighted by Gasteiger charge is -2.62. The number of ether oxygens (including phenoxy) is 2. The first kappa shape index (κ1) is 26.4. The first-order valence-electron chi connectivity index (χ1n) is 14.0. The lowest BCUT2D eigenvalue weighted by molar-refractivity contribution is -0.142. The number of rotatable bonds is 6. The molecular formula is C31H52O3. The smallest absolute Gasteiger partial charge is 0.0802 e. The second-order valence-corrected chi connectivity index (χ2v) is 13.9. The number of hydrogen-bond acceptors (Lipinski definition) is 3. The summed E-state index contributed by atoms with van der Waals surface area (Å²) < 4.78 is 11.9. The molecule has 0 unspecified atom stereocenters. The molecule has 34 heavy (non-hydrogen) atoms. The first-order valence-corrected chi connectivity index (χ1v) is 14.0. The average molecular weight is 473 g/mol. The molecule has 4 rings (SSSR count). The third-order valence-electron chi connectivity index (χ3n) is 11.7. The van der Waals surface area contributed by atoms with E-state index < -0.39 is 0 Å². The molecule has 0 saturated heterocycles. The Bertz CT molecular complexity index is 809. The monoisotopic (exact) mass is 472 g/mol. The number of aliphatic hydroxyl groups excluding tert-OH is 1. The highest BCUT2D eigenvalue weighted by Crippen LogP contribution is 2.71. The fourth-order valence-corrected chi connectivity index (χ4v) is 9.19. The minimum Gasteiger partial charge on any atom is -0.392 e. The summed E-state index contributed by atoms with van der Waals surface area (Å²) >= 11 is 0. The lowest BCUT2D eigenvalue weighted by atomic mass is 9.43. The molecule has 0 aromatic carbocycles. The molecule has 194 valence electrons. The molecular weight excluding hydrogens is 420 g/mol. The van der Waals surface area contributed by atoms with Crippen LogP contribution in [-0.4, -0.2) is 37.1 Å². The summed E-state index contributed by atoms with van der Waals surface area (Å²) in [6.07, 6.45) is 15.5. The molecule has 0 aromatic rings. The number of aliphatic hydroxyl groups is 1. The Morgan fingerprint density at radius 3 is 2.38 bits per heavy atom. The fourth-order valence-electron chi connectivity index (χ4n) is 9.19. The van der Waals surface area contributed by atoms with Gasteiger partial charge in [-0.15, -0.1) is 0 Å². The summed E-state index contributed by atoms with van der Waals surface area (Å²) in [5.74, 6) is 3.31. The van der Waals surface area contributed by atoms with Crippen molar-refractivity contribution in [1.29, 1.82) is 0 Å². The zero-order valence-corrected chi connectivity index (χ0v) is 23.5. The highest BCUT2D eigenvalue weighted by Gasteiger charge is 2.65. The van der Waals surface area contributed by atoms with Gasteiger partial charge in [-0.2, -0.15) is 0 Å². The van der Waals surface area contributed by atoms with Crippen molar-refractivity contribution in [2.75, 3.05) is 14.2 Å². The van der Waals surface area contributed by atoms with Crippen LogP contribution in [-0.2, 0) is 9.47 Å². The molecule has 3 saturated carbocycles. The van der Waals surface area contributed by atoms with E-state index in [-0.39, 0.29) is 23.2 Å². The van der Waals surface area contributed by atoms with Crippen LogP contribution < -0.4 is 0 Å². The van der Waals surface area contributed by atoms with Gasteiger partial charge in [0.05, 0.1) is 17.8 Å². The van der Waals surface area contributed by atoms with Gasteiger partial charge in [-0.3, -0.25) is 0 Å². The SMILES string of the molecule is CO[C@H]1C=C2[C@H](CC[C@H](O)C2(C)C)[C@H]2CC[C@]3(C)[C@@H]([C@H](C)C/C=C/C(C)(C)OC)CC[C@@]3(C)[C@@H]21. The van der Waals surface area contributed by atoms with Crippen molar-refractivity contribution in [3.8, 4) is 0 Å². The molecule has 4 aliphatic carbocycles. The van der Waals surface area contributed by atoms with Gasteiger partial charge < -0.3 is 14.6 Å². The van der Waals surface area contributed by atoms with Crippen molar-refractivity contribution in [2.24, 2.45) is 45.8 Å². The molecule has 0 radical (unpaired) electrons. The van der Waals surface area contributed by atoms with Gasteiger partial charge in [-0.25, -0.2) is 0 Å². The van der Waals surface area contributed by atoms with E-state index in [4.69, 9.17) is 9.47 Å². The topological polar surface area (TPSA) is 38.7 Å². The summed E-state index contributed by atoms with van der Waals surface area (Å²) in [6.45, 7) is 16.5. The molecule has 0 aliphatic heterocycles. The maximum atomic E-state index is 10.8. The van der Waals surface area contributed by atoms with Crippen LogP contribution in [0.1, 0.15) is 93.4 Å². The van der Waals surface area contributed by atoms with Gasteiger partial charge >= 0.3 is 0 Å². The standard InChI is InChI=1S/C31H52O3/c1-20(11-10-16-28(2,3)34-9)23-15-18-31(7)27-22(14-17-30(23,31)6)21-12-13-26(32)29(4,5)24(21)19-25(27)33-8/h10,16,19-23,25-27,32H,11-15,17-18H2,1-9H3/b16-10+/t20-,21-,22-,23-,25+,26+,27+,30-,31+/m1/s1. The van der Waals surface area contributed by atoms with Crippen LogP contribution in [0.15, 0.2) is 23.8 Å². The predicted molar refractivity (Wildman–Crippen MR) is 141 cm³/mol. The molecule has 0 spiro atoms. The van der Waals surface area contributed by atoms with Gasteiger partial charge in [0.2, 0.25) is 0 Å². The molecule has 3 nitrogen and oxygen atoms in total. The Balaban J connectivity index is 1.62. The Labute approximate surface area is 209 Å². The van der Waals surface area contributed by atoms with E-state index in [9.17, 15) is 5.11 Å². The summed E-state index contributed by atoms with van der Waals surface area (Å²) in [7, 11) is 3.71. The third-order valence-corrected chi connectivity index (χ3v) is 11.7. The molecule has 1 N–H and O–H groups in total. The number of fused-ring (bicyclic) bond motifs is 5. The van der Waals surface area contributed by atoms with Crippen molar-refractivity contribution in [2.45, 2.75) is 111 Å². The van der Waals surface area contributed by atoms with E-state index in [1.165, 1.54) is 31.3 Å². The molecule has 3 heteroatoms. The summed E-state index contributed by atoms with van der Waals surface area (Å²) in [4.78, 5) is 0. The van der Waals surface area contributed by atoms with E-state index in [0.29, 0.717) is 34.5 Å². The number of allylic oxidation sites excluding steroid dienone is 1. The van der Waals surface area contributed by atoms with Gasteiger partial charge in [0.15, 0.2) is 0 Å². The van der Waals surface area contributed by atoms with Crippen LogP contribution in [0.4, 0.5) is 0 Å². The van der Waals surface area contributed by atoms with E-state index in [1.54, 1.807) is 7.11 Å². The Hall–Kier alpha value is -0.640. The molecule has 0 bridgehead atoms. The zero-order valence-electron chi connectivity index (χ0n) is 23.5. The molecule has 0 heterocycles. The van der Waals surface area contributed by atoms with Gasteiger partial charge in [0, 0.05) is 19.6 Å². The van der Waals surface area contributed by atoms with Gasteiger partial charge in [-0.1, -0.05) is 58.4 Å². The van der Waals surface area contributed by atoms with Crippen molar-refractivity contribution in [1.82, 2.24) is 0 Å². The minimum atomic E-state index is -0.235. The van der Waals surface area contributed by atoms with Crippen LogP contribution >= 0.6 is 0 Å². The summed E-state index contributed by atoms with van der Waals surface area (Å²) in [5, 5.41) is 10.8. The Kier molecular flexibility index (Phi) is 7.02. The number of hydrogen-bond donors (Lipinski definition) is 1. The van der Waals surface area contributed by atoms with Crippen molar-refractivity contribution in [3.05, 3.63) is 23.8 Å². The van der Waals surface area contributed by atoms with Gasteiger partial charge in [0.25, 0.3) is 0 Å². The Morgan fingerprint density at radius 1 is 1.06 bits per heavy atom. The molecule has 9 atom stereocenters. The van der Waals surface area contributed by atoms with Crippen molar-refractivity contribution >= 4 is 0 Å². The largest absolute Gasteiger partial charge is 0.392 e. The second-order valence-electron chi connectivity index (χ2n) is 13.9. The van der Waals surface area contributed by atoms with Crippen LogP contribution in [0, 0.1) is 45.8 Å². The predicted octanol–water partition coefficient (Wildman–Crippen LogP) is 7.19. The van der Waals surface area contributed by atoms with Crippen molar-refractivity contribution in [3.63, 3.8) is 0 Å². The average Bonchev–Trinajstić information content (AvgIpc) is 3.07. The maximum Gasteiger partial charge on any atom is 0.0802 e. The highest BCUT2D eigenvalue weighted by atomic mass is 16.5. The van der Waals surface area contributed by atoms with Crippen molar-refractivity contribution < 1.29 is 14.6 Å². The van der Waals surface area contributed by atoms with Gasteiger partial charge in [-0.05, 0) is 99.2 Å². The van der Waals surface area contributed by atoms with E-state index in [1.807, 2.05) is 7.11 Å². The third kappa shape index (κ3) is 3.97.